The first kappa shape index (κ1) is 30.5. The van der Waals surface area contributed by atoms with Gasteiger partial charge in [-0.25, -0.2) is 4.79 Å². The molecule has 2 fully saturated rings. The first-order chi connectivity index (χ1) is 14.3. The van der Waals surface area contributed by atoms with Crippen LogP contribution in [0.5, 0.6) is 0 Å². The van der Waals surface area contributed by atoms with Crippen molar-refractivity contribution in [3.05, 3.63) is 0 Å². The van der Waals surface area contributed by atoms with Gasteiger partial charge in [-0.15, -0.1) is 12.4 Å². The second kappa shape index (κ2) is 13.9. The first-order valence-corrected chi connectivity index (χ1v) is 11.6. The molecule has 0 saturated carbocycles. The van der Waals surface area contributed by atoms with Crippen molar-refractivity contribution >= 4 is 30.3 Å². The van der Waals surface area contributed by atoms with Gasteiger partial charge in [-0.3, -0.25) is 9.59 Å². The zero-order valence-electron chi connectivity index (χ0n) is 21.0. The van der Waals surface area contributed by atoms with Crippen LogP contribution in [0.1, 0.15) is 74.1 Å². The fourth-order valence-corrected chi connectivity index (χ4v) is 3.38. The Balaban J connectivity index is 0.000000639. The fourth-order valence-electron chi connectivity index (χ4n) is 3.38. The Morgan fingerprint density at radius 3 is 1.78 bits per heavy atom. The molecule has 0 aliphatic carbocycles. The highest BCUT2D eigenvalue weighted by atomic mass is 35.5. The molecule has 2 rings (SSSR count). The predicted molar refractivity (Wildman–Crippen MR) is 130 cm³/mol. The minimum Gasteiger partial charge on any atom is -0.444 e. The van der Waals surface area contributed by atoms with Crippen molar-refractivity contribution in [2.24, 2.45) is 17.6 Å². The number of halogens is 1. The molecule has 2 aliphatic heterocycles. The summed E-state index contributed by atoms with van der Waals surface area (Å²) in [6.07, 6.45) is 2.83. The van der Waals surface area contributed by atoms with Crippen LogP contribution in [0, 0.1) is 11.8 Å². The van der Waals surface area contributed by atoms with Gasteiger partial charge in [0.25, 0.3) is 0 Å². The zero-order valence-corrected chi connectivity index (χ0v) is 21.8. The van der Waals surface area contributed by atoms with E-state index in [-0.39, 0.29) is 42.2 Å². The van der Waals surface area contributed by atoms with Gasteiger partial charge >= 0.3 is 6.09 Å². The molecule has 0 aromatic rings. The number of ether oxygens (including phenoxy) is 1. The lowest BCUT2D eigenvalue weighted by molar-refractivity contribution is -0.128. The summed E-state index contributed by atoms with van der Waals surface area (Å²) in [6.45, 7) is 16.7. The van der Waals surface area contributed by atoms with Crippen LogP contribution in [0.2, 0.25) is 0 Å². The molecular weight excluding hydrogens is 432 g/mol. The summed E-state index contributed by atoms with van der Waals surface area (Å²) in [6, 6.07) is 0.0592. The third-order valence-electron chi connectivity index (χ3n) is 5.55. The average Bonchev–Trinajstić information content (AvgIpc) is 3.21. The summed E-state index contributed by atoms with van der Waals surface area (Å²) in [5.74, 6) is 1.15. The van der Waals surface area contributed by atoms with Crippen molar-refractivity contribution in [3.63, 3.8) is 0 Å². The molecule has 8 nitrogen and oxygen atoms in total. The standard InChI is InChI=1S/C14H26N2O3.C9H18N2O.ClH/c1-10(2)11(9-16-8-6-7-12(16)17)15-13(18)19-14(3,4)5;1-7(2)8(10)6-11-5-3-4-9(11)12;/h10-11H,6-9H2,1-5H3,(H,15,18);7-8H,3-6,10H2,1-2H3;1H/t;8-;/m.1./s1. The van der Waals surface area contributed by atoms with Crippen molar-refractivity contribution in [2.75, 3.05) is 26.2 Å². The first-order valence-electron chi connectivity index (χ1n) is 11.6. The predicted octanol–water partition coefficient (Wildman–Crippen LogP) is 3.17. The van der Waals surface area contributed by atoms with E-state index in [0.717, 1.165) is 32.5 Å². The number of hydrogen-bond acceptors (Lipinski definition) is 5. The summed E-state index contributed by atoms with van der Waals surface area (Å²) in [5.41, 5.74) is 5.36. The third-order valence-corrected chi connectivity index (χ3v) is 5.55. The Morgan fingerprint density at radius 2 is 1.44 bits per heavy atom. The van der Waals surface area contributed by atoms with Gasteiger partial charge in [0.2, 0.25) is 11.8 Å². The number of likely N-dealkylation sites (tertiary alicyclic amines) is 2. The maximum Gasteiger partial charge on any atom is 0.407 e. The molecule has 2 heterocycles. The Labute approximate surface area is 200 Å². The number of amides is 3. The second-order valence-corrected chi connectivity index (χ2v) is 10.3. The molecule has 0 aromatic heterocycles. The van der Waals surface area contributed by atoms with Crippen LogP contribution in [0.25, 0.3) is 0 Å². The Morgan fingerprint density at radius 1 is 0.969 bits per heavy atom. The molecule has 9 heteroatoms. The smallest absolute Gasteiger partial charge is 0.407 e. The minimum absolute atomic E-state index is 0. The number of rotatable bonds is 7. The molecule has 32 heavy (non-hydrogen) atoms. The zero-order chi connectivity index (χ0) is 23.8. The normalized spacial score (nSPS) is 18.3. The van der Waals surface area contributed by atoms with Crippen LogP contribution in [-0.4, -0.2) is 71.6 Å². The van der Waals surface area contributed by atoms with Crippen LogP contribution in [-0.2, 0) is 14.3 Å². The highest BCUT2D eigenvalue weighted by Gasteiger charge is 2.27. The molecule has 0 radical (unpaired) electrons. The topological polar surface area (TPSA) is 105 Å². The summed E-state index contributed by atoms with van der Waals surface area (Å²) >= 11 is 0. The molecule has 2 aliphatic rings. The number of nitrogens with one attached hydrogen (secondary N) is 1. The van der Waals surface area contributed by atoms with Crippen molar-refractivity contribution in [3.8, 4) is 0 Å². The van der Waals surface area contributed by atoms with E-state index in [1.165, 1.54) is 0 Å². The van der Waals surface area contributed by atoms with Crippen LogP contribution in [0.15, 0.2) is 0 Å². The van der Waals surface area contributed by atoms with Crippen molar-refractivity contribution in [2.45, 2.75) is 91.8 Å². The van der Waals surface area contributed by atoms with Gasteiger partial charge in [0, 0.05) is 45.1 Å². The SMILES string of the molecule is CC(C)C(CN1CCCC1=O)NC(=O)OC(C)(C)C.CC(C)[C@H](N)CN1CCCC1=O.Cl. The fraction of sp³-hybridized carbons (Fsp3) is 0.870. The van der Waals surface area contributed by atoms with E-state index in [9.17, 15) is 14.4 Å². The second-order valence-electron chi connectivity index (χ2n) is 10.3. The molecule has 3 N–H and O–H groups in total. The molecule has 2 saturated heterocycles. The largest absolute Gasteiger partial charge is 0.444 e. The number of alkyl carbamates (subject to hydrolysis) is 1. The van der Waals surface area contributed by atoms with Crippen LogP contribution >= 0.6 is 12.4 Å². The number of nitrogens with zero attached hydrogens (tertiary/aromatic N) is 2. The number of carbonyl (C=O) groups excluding carboxylic acids is 3. The highest BCUT2D eigenvalue weighted by molar-refractivity contribution is 5.85. The van der Waals surface area contributed by atoms with E-state index in [2.05, 4.69) is 19.2 Å². The molecule has 0 spiro atoms. The molecule has 0 bridgehead atoms. The molecule has 1 unspecified atom stereocenters. The lowest BCUT2D eigenvalue weighted by Crippen LogP contribution is -2.48. The summed E-state index contributed by atoms with van der Waals surface area (Å²) in [5, 5.41) is 2.87. The van der Waals surface area contributed by atoms with E-state index >= 15 is 0 Å². The molecule has 2 atom stereocenters. The summed E-state index contributed by atoms with van der Waals surface area (Å²) < 4.78 is 5.26. The van der Waals surface area contributed by atoms with E-state index in [1.807, 2.05) is 44.4 Å². The van der Waals surface area contributed by atoms with Crippen molar-refractivity contribution < 1.29 is 19.1 Å². The Bertz CT molecular complexity index is 607. The van der Waals surface area contributed by atoms with E-state index < -0.39 is 11.7 Å². The Hall–Kier alpha value is -1.54. The van der Waals surface area contributed by atoms with Gasteiger partial charge in [-0.05, 0) is 45.4 Å². The lowest BCUT2D eigenvalue weighted by Gasteiger charge is -2.29. The van der Waals surface area contributed by atoms with Crippen LogP contribution in [0.4, 0.5) is 4.79 Å². The van der Waals surface area contributed by atoms with Crippen LogP contribution in [0.3, 0.4) is 0 Å². The summed E-state index contributed by atoms with van der Waals surface area (Å²) in [4.78, 5) is 38.3. The van der Waals surface area contributed by atoms with Gasteiger partial charge in [-0.1, -0.05) is 27.7 Å². The Kier molecular flexibility index (Phi) is 13.2. The van der Waals surface area contributed by atoms with Gasteiger partial charge in [-0.2, -0.15) is 0 Å². The monoisotopic (exact) mass is 476 g/mol. The highest BCUT2D eigenvalue weighted by Crippen LogP contribution is 2.14. The molecule has 3 amide bonds. The number of hydrogen-bond donors (Lipinski definition) is 2. The van der Waals surface area contributed by atoms with Gasteiger partial charge in [0.05, 0.1) is 6.04 Å². The van der Waals surface area contributed by atoms with Crippen molar-refractivity contribution in [1.82, 2.24) is 15.1 Å². The summed E-state index contributed by atoms with van der Waals surface area (Å²) in [7, 11) is 0. The maximum absolute atomic E-state index is 11.8. The van der Waals surface area contributed by atoms with Crippen molar-refractivity contribution in [1.29, 1.82) is 0 Å². The van der Waals surface area contributed by atoms with E-state index in [0.29, 0.717) is 25.3 Å². The quantitative estimate of drug-likeness (QED) is 0.587. The van der Waals surface area contributed by atoms with E-state index in [1.54, 1.807) is 0 Å². The number of carbonyl (C=O) groups is 3. The third kappa shape index (κ3) is 11.4. The van der Waals surface area contributed by atoms with Gasteiger partial charge < -0.3 is 25.6 Å². The van der Waals surface area contributed by atoms with Gasteiger partial charge in [0.1, 0.15) is 5.60 Å². The molecule has 188 valence electrons. The van der Waals surface area contributed by atoms with Crippen LogP contribution < -0.4 is 11.1 Å². The van der Waals surface area contributed by atoms with E-state index in [4.69, 9.17) is 10.5 Å². The minimum atomic E-state index is -0.505. The molecular formula is C23H45ClN4O4. The lowest BCUT2D eigenvalue weighted by atomic mass is 10.0. The molecule has 0 aromatic carbocycles. The average molecular weight is 477 g/mol. The van der Waals surface area contributed by atoms with Gasteiger partial charge in [0.15, 0.2) is 0 Å². The maximum atomic E-state index is 11.8. The number of nitrogens with two attached hydrogens (primary N) is 1.